The van der Waals surface area contributed by atoms with Crippen LogP contribution in [0.5, 0.6) is 0 Å². The third kappa shape index (κ3) is 7.48. The minimum atomic E-state index is -0.523. The standard InChI is InChI=1S/C31H43N5O5S/c1-22-17-24(18-23(2)36(22)26-5-7-28(32-20-26)34-11-3-4-12-34)21-35(31(39)25-9-14-40-15-10-25)29-19-27(42-33-29)6-8-30(38)41-16-13-37/h5-8,19-20,22-25,37H,3-4,9-18,21H2,1-2H3/b8-6+. The second kappa shape index (κ2) is 14.4. The summed E-state index contributed by atoms with van der Waals surface area (Å²) in [6.45, 7) is 8.25. The summed E-state index contributed by atoms with van der Waals surface area (Å²) in [7, 11) is 0. The van der Waals surface area contributed by atoms with Crippen LogP contribution in [-0.2, 0) is 19.1 Å². The summed E-state index contributed by atoms with van der Waals surface area (Å²) in [6, 6.07) is 6.84. The van der Waals surface area contributed by atoms with Crippen LogP contribution in [0.1, 0.15) is 57.2 Å². The molecule has 3 saturated heterocycles. The zero-order valence-corrected chi connectivity index (χ0v) is 25.5. The smallest absolute Gasteiger partial charge is 0.330 e. The first kappa shape index (κ1) is 30.4. The van der Waals surface area contributed by atoms with Gasteiger partial charge in [-0.3, -0.25) is 9.69 Å². The average molecular weight is 598 g/mol. The predicted octanol–water partition coefficient (Wildman–Crippen LogP) is 4.14. The minimum Gasteiger partial charge on any atom is -0.460 e. The van der Waals surface area contributed by atoms with E-state index in [0.717, 1.165) is 42.3 Å². The second-order valence-electron chi connectivity index (χ2n) is 11.7. The number of aliphatic hydroxyl groups is 1. The molecule has 0 saturated carbocycles. The number of nitrogens with zero attached hydrogens (tertiary/aromatic N) is 5. The molecule has 42 heavy (non-hydrogen) atoms. The summed E-state index contributed by atoms with van der Waals surface area (Å²) in [5.74, 6) is 1.51. The molecule has 3 aliphatic rings. The van der Waals surface area contributed by atoms with Crippen molar-refractivity contribution in [3.8, 4) is 0 Å². The Morgan fingerprint density at radius 1 is 1.17 bits per heavy atom. The highest BCUT2D eigenvalue weighted by atomic mass is 32.1. The molecule has 10 nitrogen and oxygen atoms in total. The van der Waals surface area contributed by atoms with Gasteiger partial charge >= 0.3 is 5.97 Å². The van der Waals surface area contributed by atoms with Crippen molar-refractivity contribution < 1.29 is 24.2 Å². The van der Waals surface area contributed by atoms with Crippen molar-refractivity contribution in [3.05, 3.63) is 35.3 Å². The highest BCUT2D eigenvalue weighted by Crippen LogP contribution is 2.35. The molecule has 0 bridgehead atoms. The van der Waals surface area contributed by atoms with Crippen molar-refractivity contribution in [1.29, 1.82) is 0 Å². The van der Waals surface area contributed by atoms with E-state index in [0.29, 0.717) is 56.4 Å². The normalized spacial score (nSPS) is 23.5. The van der Waals surface area contributed by atoms with E-state index < -0.39 is 5.97 Å². The first-order chi connectivity index (χ1) is 20.4. The highest BCUT2D eigenvalue weighted by molar-refractivity contribution is 7.07. The van der Waals surface area contributed by atoms with Gasteiger partial charge in [0.1, 0.15) is 18.2 Å². The van der Waals surface area contributed by atoms with Crippen LogP contribution >= 0.6 is 11.5 Å². The lowest BCUT2D eigenvalue weighted by molar-refractivity contribution is -0.138. The fourth-order valence-corrected chi connectivity index (χ4v) is 7.23. The Morgan fingerprint density at radius 3 is 2.57 bits per heavy atom. The number of amides is 1. The SMILES string of the molecule is CC1CC(CN(C(=O)C2CCOCC2)c2cc(/C=C/C(=O)OCCO)sn2)CC(C)N1c1ccc(N2CCCC2)nc1. The van der Waals surface area contributed by atoms with Gasteiger partial charge in [-0.1, -0.05) is 0 Å². The van der Waals surface area contributed by atoms with E-state index in [1.807, 2.05) is 17.2 Å². The Morgan fingerprint density at radius 2 is 1.90 bits per heavy atom. The minimum absolute atomic E-state index is 0.0411. The maximum absolute atomic E-state index is 13.9. The first-order valence-electron chi connectivity index (χ1n) is 15.2. The molecule has 228 valence electrons. The summed E-state index contributed by atoms with van der Waals surface area (Å²) in [5, 5.41) is 8.85. The predicted molar refractivity (Wildman–Crippen MR) is 165 cm³/mol. The number of rotatable bonds is 10. The second-order valence-corrected chi connectivity index (χ2v) is 12.5. The molecule has 2 unspecified atom stereocenters. The topological polar surface area (TPSA) is 108 Å². The Kier molecular flexibility index (Phi) is 10.5. The van der Waals surface area contributed by atoms with E-state index in [-0.39, 0.29) is 25.0 Å². The van der Waals surface area contributed by atoms with Gasteiger partial charge in [0.05, 0.1) is 23.4 Å². The van der Waals surface area contributed by atoms with Crippen LogP contribution in [0.15, 0.2) is 30.5 Å². The number of carbonyl (C=O) groups is 2. The number of aromatic nitrogens is 2. The van der Waals surface area contributed by atoms with Crippen molar-refractivity contribution in [3.63, 3.8) is 0 Å². The van der Waals surface area contributed by atoms with E-state index in [1.54, 1.807) is 6.08 Å². The molecule has 0 spiro atoms. The number of pyridine rings is 1. The van der Waals surface area contributed by atoms with E-state index in [9.17, 15) is 9.59 Å². The number of ether oxygens (including phenoxy) is 2. The summed E-state index contributed by atoms with van der Waals surface area (Å²) in [4.78, 5) is 38.0. The third-order valence-corrected chi connectivity index (χ3v) is 9.29. The van der Waals surface area contributed by atoms with Crippen LogP contribution in [-0.4, -0.2) is 84.5 Å². The molecule has 3 aliphatic heterocycles. The molecule has 0 aromatic carbocycles. The Bertz CT molecular complexity index is 1200. The summed E-state index contributed by atoms with van der Waals surface area (Å²) in [5.41, 5.74) is 1.15. The summed E-state index contributed by atoms with van der Waals surface area (Å²) >= 11 is 1.25. The maximum Gasteiger partial charge on any atom is 0.330 e. The molecule has 3 fully saturated rings. The van der Waals surface area contributed by atoms with Gasteiger partial charge in [-0.2, -0.15) is 4.37 Å². The van der Waals surface area contributed by atoms with Gasteiger partial charge in [0, 0.05) is 63.0 Å². The largest absolute Gasteiger partial charge is 0.460 e. The molecule has 5 heterocycles. The quantitative estimate of drug-likeness (QED) is 0.319. The van der Waals surface area contributed by atoms with Crippen LogP contribution in [0, 0.1) is 11.8 Å². The Balaban J connectivity index is 1.28. The van der Waals surface area contributed by atoms with Crippen LogP contribution < -0.4 is 14.7 Å². The van der Waals surface area contributed by atoms with Crippen LogP contribution in [0.25, 0.3) is 6.08 Å². The number of piperidine rings is 1. The number of hydrogen-bond donors (Lipinski definition) is 1. The summed E-state index contributed by atoms with van der Waals surface area (Å²) in [6.07, 6.45) is 10.8. The zero-order chi connectivity index (χ0) is 29.5. The van der Waals surface area contributed by atoms with Gasteiger partial charge in [-0.25, -0.2) is 9.78 Å². The molecule has 11 heteroatoms. The molecule has 2 aromatic rings. The Hall–Kier alpha value is -3.02. The van der Waals surface area contributed by atoms with Gasteiger partial charge in [0.2, 0.25) is 5.91 Å². The van der Waals surface area contributed by atoms with Crippen molar-refractivity contribution in [2.24, 2.45) is 11.8 Å². The number of esters is 1. The molecule has 5 rings (SSSR count). The Labute approximate surface area is 252 Å². The highest BCUT2D eigenvalue weighted by Gasteiger charge is 2.35. The van der Waals surface area contributed by atoms with E-state index in [4.69, 9.17) is 19.6 Å². The molecular weight excluding hydrogens is 554 g/mol. The number of hydrogen-bond acceptors (Lipinski definition) is 10. The van der Waals surface area contributed by atoms with Crippen LogP contribution in [0.4, 0.5) is 17.3 Å². The lowest BCUT2D eigenvalue weighted by Gasteiger charge is -2.45. The van der Waals surface area contributed by atoms with Gasteiger partial charge in [0.25, 0.3) is 0 Å². The lowest BCUT2D eigenvalue weighted by Crippen LogP contribution is -2.50. The fraction of sp³-hybridized carbons (Fsp3) is 0.613. The van der Waals surface area contributed by atoms with Crippen LogP contribution in [0.2, 0.25) is 0 Å². The first-order valence-corrected chi connectivity index (χ1v) is 16.0. The van der Waals surface area contributed by atoms with Gasteiger partial charge in [0.15, 0.2) is 0 Å². The van der Waals surface area contributed by atoms with E-state index in [2.05, 4.69) is 40.2 Å². The van der Waals surface area contributed by atoms with E-state index >= 15 is 0 Å². The number of aliphatic hydroxyl groups excluding tert-OH is 1. The van der Waals surface area contributed by atoms with Crippen molar-refractivity contribution >= 4 is 46.8 Å². The molecule has 1 amide bonds. The van der Waals surface area contributed by atoms with Crippen molar-refractivity contribution in [2.45, 2.75) is 64.5 Å². The molecule has 0 radical (unpaired) electrons. The summed E-state index contributed by atoms with van der Waals surface area (Å²) < 4.78 is 15.0. The molecule has 2 aromatic heterocycles. The fourth-order valence-electron chi connectivity index (χ4n) is 6.59. The van der Waals surface area contributed by atoms with Gasteiger partial charge in [-0.05, 0) is 88.0 Å². The van der Waals surface area contributed by atoms with Gasteiger partial charge < -0.3 is 24.4 Å². The number of anilines is 3. The number of carbonyl (C=O) groups excluding carboxylic acids is 2. The average Bonchev–Trinajstić information content (AvgIpc) is 3.71. The lowest BCUT2D eigenvalue weighted by atomic mass is 9.86. The maximum atomic E-state index is 13.9. The molecule has 1 N–H and O–H groups in total. The molecule has 0 aliphatic carbocycles. The molecule has 2 atom stereocenters. The monoisotopic (exact) mass is 597 g/mol. The zero-order valence-electron chi connectivity index (χ0n) is 24.7. The van der Waals surface area contributed by atoms with Crippen molar-refractivity contribution in [1.82, 2.24) is 9.36 Å². The third-order valence-electron chi connectivity index (χ3n) is 8.55. The van der Waals surface area contributed by atoms with Gasteiger partial charge in [-0.15, -0.1) is 0 Å². The van der Waals surface area contributed by atoms with E-state index in [1.165, 1.54) is 30.5 Å². The molecular formula is C31H43N5O5S. The van der Waals surface area contributed by atoms with Crippen LogP contribution in [0.3, 0.4) is 0 Å². The van der Waals surface area contributed by atoms with Crippen molar-refractivity contribution in [2.75, 3.05) is 60.8 Å².